The van der Waals surface area contributed by atoms with E-state index in [0.29, 0.717) is 5.88 Å². The van der Waals surface area contributed by atoms with Crippen molar-refractivity contribution >= 4 is 11.8 Å². The summed E-state index contributed by atoms with van der Waals surface area (Å²) in [7, 11) is 0. The number of nitrogens with zero attached hydrogens (tertiary/aromatic N) is 1. The number of hydrogen-bond acceptors (Lipinski definition) is 1. The summed E-state index contributed by atoms with van der Waals surface area (Å²) in [5.41, 5.74) is 1.28. The minimum absolute atomic E-state index is 0.628. The Morgan fingerprint density at radius 3 is 2.55 bits per heavy atom. The van der Waals surface area contributed by atoms with Crippen LogP contribution in [-0.4, -0.2) is 5.88 Å². The topological polar surface area (TPSA) is 4.36 Å². The minimum atomic E-state index is 0.628. The van der Waals surface area contributed by atoms with Crippen molar-refractivity contribution in [2.24, 2.45) is 0 Å². The molecule has 0 saturated carbocycles. The maximum Gasteiger partial charge on any atom is 0.313 e. The average molecular weight is 164 g/mol. The Morgan fingerprint density at radius 2 is 2.00 bits per heavy atom. The van der Waals surface area contributed by atoms with Crippen molar-refractivity contribution in [3.05, 3.63) is 34.7 Å². The summed E-state index contributed by atoms with van der Waals surface area (Å²) in [5, 5.41) is 0. The minimum Gasteiger partial charge on any atom is -0.0747 e. The largest absolute Gasteiger partial charge is 0.313 e. The van der Waals surface area contributed by atoms with E-state index in [1.54, 1.807) is 11.8 Å². The number of benzene rings is 1. The normalized spacial score (nSPS) is 9.09. The van der Waals surface area contributed by atoms with Gasteiger partial charge in [-0.15, -0.1) is 0 Å². The molecule has 0 fully saturated rings. The molecule has 1 aromatic rings. The maximum atomic E-state index is 5.01. The second-order valence-electron chi connectivity index (χ2n) is 2.27. The smallest absolute Gasteiger partial charge is 0.0747 e. The van der Waals surface area contributed by atoms with Gasteiger partial charge in [0.05, 0.1) is 0 Å². The molecule has 0 radical (unpaired) electrons. The van der Waals surface area contributed by atoms with E-state index < -0.39 is 0 Å². The molecular formula is C9H10NS+. The Morgan fingerprint density at radius 1 is 1.36 bits per heavy atom. The fourth-order valence-electron chi connectivity index (χ4n) is 0.746. The molecule has 1 rings (SSSR count). The zero-order valence-electron chi connectivity index (χ0n) is 6.45. The van der Waals surface area contributed by atoms with Crippen LogP contribution in [0.25, 0.3) is 4.85 Å². The van der Waals surface area contributed by atoms with Gasteiger partial charge in [0.2, 0.25) is 0 Å². The predicted molar refractivity (Wildman–Crippen MR) is 50.2 cm³/mol. The van der Waals surface area contributed by atoms with Crippen molar-refractivity contribution in [3.8, 4) is 6.57 Å². The number of hydrogen-bond donors (Lipinski definition) is 0. The quantitative estimate of drug-likeness (QED) is 0.608. The molecule has 0 saturated heterocycles. The molecule has 0 aliphatic heterocycles. The molecule has 0 amide bonds. The SMILES string of the molecule is C#[N+]CSc1ccc(C)cc1. The molecule has 0 aliphatic carbocycles. The number of thioether (sulfide) groups is 1. The molecular weight excluding hydrogens is 154 g/mol. The summed E-state index contributed by atoms with van der Waals surface area (Å²) in [6, 6.07) is 8.31. The summed E-state index contributed by atoms with van der Waals surface area (Å²) in [6.07, 6.45) is 0. The van der Waals surface area contributed by atoms with Crippen molar-refractivity contribution in [1.29, 1.82) is 0 Å². The van der Waals surface area contributed by atoms with Crippen molar-refractivity contribution in [1.82, 2.24) is 0 Å². The molecule has 0 heterocycles. The van der Waals surface area contributed by atoms with E-state index >= 15 is 0 Å². The molecule has 0 aliphatic rings. The van der Waals surface area contributed by atoms with Gasteiger partial charge < -0.3 is 0 Å². The lowest BCUT2D eigenvalue weighted by Gasteiger charge is -1.93. The van der Waals surface area contributed by atoms with E-state index in [-0.39, 0.29) is 0 Å². The Bertz CT molecular complexity index is 258. The Hall–Kier alpha value is -0.940. The lowest BCUT2D eigenvalue weighted by Crippen LogP contribution is -1.73. The summed E-state index contributed by atoms with van der Waals surface area (Å²) in [5.74, 6) is 0.628. The highest BCUT2D eigenvalue weighted by atomic mass is 32.2. The standard InChI is InChI=1S/C9H10NS/c1-8-3-5-9(6-4-8)11-7-10-2/h2-6H,7H2,1H3/q+1. The van der Waals surface area contributed by atoms with Crippen LogP contribution in [0.1, 0.15) is 5.56 Å². The number of rotatable bonds is 2. The van der Waals surface area contributed by atoms with E-state index in [1.807, 2.05) is 0 Å². The molecule has 0 unspecified atom stereocenters. The Balaban J connectivity index is 2.60. The van der Waals surface area contributed by atoms with E-state index in [4.69, 9.17) is 6.57 Å². The third kappa shape index (κ3) is 2.65. The molecule has 1 aromatic carbocycles. The van der Waals surface area contributed by atoms with Gasteiger partial charge in [-0.25, -0.2) is 0 Å². The molecule has 56 valence electrons. The van der Waals surface area contributed by atoms with Crippen LogP contribution in [0.5, 0.6) is 0 Å². The first kappa shape index (κ1) is 8.16. The van der Waals surface area contributed by atoms with Gasteiger partial charge in [0.15, 0.2) is 0 Å². The number of aryl methyl sites for hydroxylation is 1. The van der Waals surface area contributed by atoms with Crippen LogP contribution in [-0.2, 0) is 0 Å². The van der Waals surface area contributed by atoms with Crippen LogP contribution in [0.2, 0.25) is 0 Å². The molecule has 0 bridgehead atoms. The van der Waals surface area contributed by atoms with Crippen molar-refractivity contribution in [2.45, 2.75) is 11.8 Å². The molecule has 11 heavy (non-hydrogen) atoms. The summed E-state index contributed by atoms with van der Waals surface area (Å²) in [4.78, 5) is 4.73. The lowest BCUT2D eigenvalue weighted by molar-refractivity contribution is 1.38. The third-order valence-electron chi connectivity index (χ3n) is 1.33. The van der Waals surface area contributed by atoms with Gasteiger partial charge in [0.1, 0.15) is 0 Å². The summed E-state index contributed by atoms with van der Waals surface area (Å²) in [6.45, 7) is 7.08. The molecule has 1 nitrogen and oxygen atoms in total. The zero-order valence-corrected chi connectivity index (χ0v) is 7.27. The van der Waals surface area contributed by atoms with Crippen LogP contribution in [0.4, 0.5) is 0 Å². The van der Waals surface area contributed by atoms with Gasteiger partial charge >= 0.3 is 5.88 Å². The first-order chi connectivity index (χ1) is 5.33. The van der Waals surface area contributed by atoms with E-state index in [0.717, 1.165) is 0 Å². The average Bonchev–Trinajstić information content (AvgIpc) is 2.04. The highest BCUT2D eigenvalue weighted by molar-refractivity contribution is 7.99. The van der Waals surface area contributed by atoms with Gasteiger partial charge in [0, 0.05) is 4.90 Å². The van der Waals surface area contributed by atoms with Gasteiger partial charge in [0.25, 0.3) is 6.57 Å². The lowest BCUT2D eigenvalue weighted by atomic mass is 10.2. The monoisotopic (exact) mass is 164 g/mol. The van der Waals surface area contributed by atoms with Gasteiger partial charge in [-0.05, 0) is 30.8 Å². The van der Waals surface area contributed by atoms with Crippen LogP contribution in [0.15, 0.2) is 29.2 Å². The van der Waals surface area contributed by atoms with Gasteiger partial charge in [-0.3, -0.25) is 0 Å². The van der Waals surface area contributed by atoms with Crippen molar-refractivity contribution < 1.29 is 0 Å². The van der Waals surface area contributed by atoms with Crippen LogP contribution in [0, 0.1) is 13.5 Å². The third-order valence-corrected chi connectivity index (χ3v) is 2.21. The van der Waals surface area contributed by atoms with Gasteiger partial charge in [-0.2, -0.15) is 0 Å². The Kier molecular flexibility index (Phi) is 3.00. The summed E-state index contributed by atoms with van der Waals surface area (Å²) >= 11 is 1.64. The van der Waals surface area contributed by atoms with Crippen molar-refractivity contribution in [2.75, 3.05) is 5.88 Å². The van der Waals surface area contributed by atoms with Crippen molar-refractivity contribution in [3.63, 3.8) is 0 Å². The van der Waals surface area contributed by atoms with E-state index in [1.165, 1.54) is 10.5 Å². The highest BCUT2D eigenvalue weighted by Gasteiger charge is 1.94. The predicted octanol–water partition coefficient (Wildman–Crippen LogP) is 3.01. The fourth-order valence-corrected chi connectivity index (χ4v) is 1.30. The van der Waals surface area contributed by atoms with Crippen LogP contribution >= 0.6 is 11.8 Å². The molecule has 2 heteroatoms. The first-order valence-electron chi connectivity index (χ1n) is 3.39. The second kappa shape index (κ2) is 4.05. The highest BCUT2D eigenvalue weighted by Crippen LogP contribution is 2.17. The second-order valence-corrected chi connectivity index (χ2v) is 3.29. The van der Waals surface area contributed by atoms with Crippen LogP contribution < -0.4 is 0 Å². The fraction of sp³-hybridized carbons (Fsp3) is 0.222. The van der Waals surface area contributed by atoms with E-state index in [9.17, 15) is 0 Å². The van der Waals surface area contributed by atoms with Gasteiger partial charge in [-0.1, -0.05) is 22.5 Å². The molecule has 0 N–H and O–H groups in total. The van der Waals surface area contributed by atoms with E-state index in [2.05, 4.69) is 36.0 Å². The zero-order chi connectivity index (χ0) is 8.10. The molecule has 0 atom stereocenters. The summed E-state index contributed by atoms with van der Waals surface area (Å²) < 4.78 is 0. The molecule has 0 spiro atoms. The molecule has 0 aromatic heterocycles. The first-order valence-corrected chi connectivity index (χ1v) is 4.37. The van der Waals surface area contributed by atoms with Crippen LogP contribution in [0.3, 0.4) is 0 Å². The Labute approximate surface area is 71.3 Å². The maximum absolute atomic E-state index is 5.01.